The standard InChI is InChI=1S/C31H27N3O6S/c1-2-39-31(38)26-24-11-5-6-13-25(24)41-29(26)33-27(35)28(36)34-32-18-19-14-16-21(17-15-19)40-30(37)23-12-7-9-20-8-3-4-10-22(20)23/h3-4,7-10,12,14-18H,2,5-6,11,13H2,1H3,(H,33,35)(H,34,36). The van der Waals surface area contributed by atoms with Crippen molar-refractivity contribution in [3.63, 3.8) is 0 Å². The van der Waals surface area contributed by atoms with E-state index in [0.29, 0.717) is 27.4 Å². The molecule has 1 aliphatic rings. The molecule has 2 N–H and O–H groups in total. The molecule has 1 aromatic heterocycles. The van der Waals surface area contributed by atoms with Gasteiger partial charge < -0.3 is 14.8 Å². The highest BCUT2D eigenvalue weighted by Crippen LogP contribution is 2.38. The molecule has 208 valence electrons. The number of carbonyl (C=O) groups is 4. The average molecular weight is 570 g/mol. The van der Waals surface area contributed by atoms with Crippen LogP contribution < -0.4 is 15.5 Å². The van der Waals surface area contributed by atoms with Crippen LogP contribution in [0.15, 0.2) is 71.8 Å². The smallest absolute Gasteiger partial charge is 0.344 e. The minimum atomic E-state index is -0.983. The summed E-state index contributed by atoms with van der Waals surface area (Å²) in [5, 5.41) is 8.46. The van der Waals surface area contributed by atoms with Gasteiger partial charge in [-0.2, -0.15) is 5.10 Å². The average Bonchev–Trinajstić information content (AvgIpc) is 3.35. The third-order valence-corrected chi connectivity index (χ3v) is 7.77. The number of carbonyl (C=O) groups excluding carboxylic acids is 4. The number of nitrogens with one attached hydrogen (secondary N) is 2. The Hall–Kier alpha value is -4.83. The van der Waals surface area contributed by atoms with Crippen LogP contribution in [0.2, 0.25) is 0 Å². The van der Waals surface area contributed by atoms with E-state index in [0.717, 1.165) is 46.9 Å². The molecule has 1 heterocycles. The zero-order valence-electron chi connectivity index (χ0n) is 22.3. The first-order valence-corrected chi connectivity index (χ1v) is 14.0. The second-order valence-corrected chi connectivity index (χ2v) is 10.4. The SMILES string of the molecule is CCOC(=O)c1c(NC(=O)C(=O)NN=Cc2ccc(OC(=O)c3cccc4ccccc34)cc2)sc2c1CCCC2. The molecule has 3 aromatic carbocycles. The highest BCUT2D eigenvalue weighted by molar-refractivity contribution is 7.17. The van der Waals surface area contributed by atoms with E-state index in [4.69, 9.17) is 9.47 Å². The van der Waals surface area contributed by atoms with Gasteiger partial charge in [0.25, 0.3) is 0 Å². The Balaban J connectivity index is 1.18. The fraction of sp³-hybridized carbons (Fsp3) is 0.194. The minimum Gasteiger partial charge on any atom is -0.462 e. The Labute approximate surface area is 240 Å². The molecule has 2 amide bonds. The number of fused-ring (bicyclic) bond motifs is 2. The third-order valence-electron chi connectivity index (χ3n) is 6.56. The molecular weight excluding hydrogens is 542 g/mol. The molecule has 0 saturated carbocycles. The second-order valence-electron chi connectivity index (χ2n) is 9.27. The van der Waals surface area contributed by atoms with Gasteiger partial charge in [0.05, 0.1) is 23.9 Å². The van der Waals surface area contributed by atoms with Crippen LogP contribution in [0.25, 0.3) is 10.8 Å². The van der Waals surface area contributed by atoms with Crippen LogP contribution in [0, 0.1) is 0 Å². The van der Waals surface area contributed by atoms with Crippen LogP contribution in [-0.4, -0.2) is 36.6 Å². The van der Waals surface area contributed by atoms with Crippen LogP contribution in [0.5, 0.6) is 5.75 Å². The van der Waals surface area contributed by atoms with Gasteiger partial charge in [0.1, 0.15) is 10.8 Å². The molecule has 9 nitrogen and oxygen atoms in total. The Kier molecular flexibility index (Phi) is 8.50. The summed E-state index contributed by atoms with van der Waals surface area (Å²) in [6, 6.07) is 19.5. The zero-order chi connectivity index (χ0) is 28.8. The fourth-order valence-corrected chi connectivity index (χ4v) is 5.91. The maximum atomic E-state index is 12.7. The number of hydrazone groups is 1. The minimum absolute atomic E-state index is 0.208. The molecule has 0 saturated heterocycles. The highest BCUT2D eigenvalue weighted by Gasteiger charge is 2.28. The normalized spacial score (nSPS) is 12.5. The Morgan fingerprint density at radius 2 is 1.66 bits per heavy atom. The van der Waals surface area contributed by atoms with Crippen molar-refractivity contribution in [1.29, 1.82) is 0 Å². The Bertz CT molecular complexity index is 1650. The van der Waals surface area contributed by atoms with Crippen molar-refractivity contribution in [1.82, 2.24) is 5.43 Å². The van der Waals surface area contributed by atoms with Gasteiger partial charge in [0.2, 0.25) is 0 Å². The summed E-state index contributed by atoms with van der Waals surface area (Å²) in [5.41, 5.74) is 4.48. The third kappa shape index (κ3) is 6.33. The molecule has 10 heteroatoms. The van der Waals surface area contributed by atoms with Crippen LogP contribution in [0.4, 0.5) is 5.00 Å². The lowest BCUT2D eigenvalue weighted by molar-refractivity contribution is -0.136. The van der Waals surface area contributed by atoms with Crippen molar-refractivity contribution < 1.29 is 28.7 Å². The van der Waals surface area contributed by atoms with E-state index in [1.54, 1.807) is 43.3 Å². The maximum Gasteiger partial charge on any atom is 0.344 e. The summed E-state index contributed by atoms with van der Waals surface area (Å²) >= 11 is 1.30. The van der Waals surface area contributed by atoms with E-state index in [9.17, 15) is 19.2 Å². The molecule has 41 heavy (non-hydrogen) atoms. The van der Waals surface area contributed by atoms with Crippen LogP contribution >= 0.6 is 11.3 Å². The first-order valence-electron chi connectivity index (χ1n) is 13.2. The van der Waals surface area contributed by atoms with E-state index >= 15 is 0 Å². The molecule has 1 aliphatic carbocycles. The lowest BCUT2D eigenvalue weighted by Gasteiger charge is -2.12. The molecule has 0 aliphatic heterocycles. The van der Waals surface area contributed by atoms with E-state index < -0.39 is 23.8 Å². The first-order chi connectivity index (χ1) is 19.9. The number of esters is 2. The van der Waals surface area contributed by atoms with Crippen molar-refractivity contribution in [2.75, 3.05) is 11.9 Å². The fourth-order valence-electron chi connectivity index (χ4n) is 4.64. The molecule has 0 fully saturated rings. The van der Waals surface area contributed by atoms with Crippen LogP contribution in [0.1, 0.15) is 56.5 Å². The number of nitrogens with zero attached hydrogens (tertiary/aromatic N) is 1. The first kappa shape index (κ1) is 27.7. The number of aryl methyl sites for hydroxylation is 1. The Morgan fingerprint density at radius 3 is 2.46 bits per heavy atom. The quantitative estimate of drug-likeness (QED) is 0.103. The number of amides is 2. The summed E-state index contributed by atoms with van der Waals surface area (Å²) in [4.78, 5) is 51.3. The molecule has 4 aromatic rings. The van der Waals surface area contributed by atoms with Gasteiger partial charge in [-0.25, -0.2) is 15.0 Å². The van der Waals surface area contributed by atoms with Crippen molar-refractivity contribution in [2.24, 2.45) is 5.10 Å². The maximum absolute atomic E-state index is 12.7. The number of rotatable bonds is 7. The van der Waals surface area contributed by atoms with Gasteiger partial charge in [-0.05, 0) is 84.8 Å². The molecular formula is C31H27N3O6S. The van der Waals surface area contributed by atoms with Crippen molar-refractivity contribution in [3.05, 3.63) is 93.9 Å². The van der Waals surface area contributed by atoms with Gasteiger partial charge >= 0.3 is 23.8 Å². The molecule has 0 bridgehead atoms. The number of ether oxygens (including phenoxy) is 2. The number of hydrogen-bond acceptors (Lipinski definition) is 8. The topological polar surface area (TPSA) is 123 Å². The molecule has 0 atom stereocenters. The lowest BCUT2D eigenvalue weighted by Crippen LogP contribution is -2.32. The number of benzene rings is 3. The van der Waals surface area contributed by atoms with Crippen molar-refractivity contribution in [3.8, 4) is 5.75 Å². The number of thiophene rings is 1. The van der Waals surface area contributed by atoms with E-state index in [-0.39, 0.29) is 6.61 Å². The predicted molar refractivity (Wildman–Crippen MR) is 157 cm³/mol. The van der Waals surface area contributed by atoms with Crippen molar-refractivity contribution >= 4 is 57.1 Å². The molecule has 0 unspecified atom stereocenters. The van der Waals surface area contributed by atoms with E-state index in [1.165, 1.54) is 17.6 Å². The van der Waals surface area contributed by atoms with Gasteiger partial charge in [-0.1, -0.05) is 36.4 Å². The number of anilines is 1. The molecule has 0 radical (unpaired) electrons. The van der Waals surface area contributed by atoms with E-state index in [2.05, 4.69) is 15.8 Å². The van der Waals surface area contributed by atoms with Crippen molar-refractivity contribution in [2.45, 2.75) is 32.6 Å². The summed E-state index contributed by atoms with van der Waals surface area (Å²) in [7, 11) is 0. The summed E-state index contributed by atoms with van der Waals surface area (Å²) in [6.07, 6.45) is 4.86. The van der Waals surface area contributed by atoms with Crippen LogP contribution in [0.3, 0.4) is 0 Å². The van der Waals surface area contributed by atoms with Gasteiger partial charge in [0, 0.05) is 4.88 Å². The lowest BCUT2D eigenvalue weighted by atomic mass is 9.95. The summed E-state index contributed by atoms with van der Waals surface area (Å²) < 4.78 is 10.7. The Morgan fingerprint density at radius 1 is 0.902 bits per heavy atom. The van der Waals surface area contributed by atoms with E-state index in [1.807, 2.05) is 30.3 Å². The molecule has 5 rings (SSSR count). The largest absolute Gasteiger partial charge is 0.462 e. The van der Waals surface area contributed by atoms with Crippen LogP contribution in [-0.2, 0) is 27.2 Å². The zero-order valence-corrected chi connectivity index (χ0v) is 23.1. The highest BCUT2D eigenvalue weighted by atomic mass is 32.1. The summed E-state index contributed by atoms with van der Waals surface area (Å²) in [6.45, 7) is 1.92. The van der Waals surface area contributed by atoms with Gasteiger partial charge in [0.15, 0.2) is 0 Å². The second kappa shape index (κ2) is 12.6. The van der Waals surface area contributed by atoms with Gasteiger partial charge in [-0.15, -0.1) is 11.3 Å². The van der Waals surface area contributed by atoms with Gasteiger partial charge in [-0.3, -0.25) is 9.59 Å². The number of hydrogen-bond donors (Lipinski definition) is 2. The summed E-state index contributed by atoms with van der Waals surface area (Å²) in [5.74, 6) is -2.56. The predicted octanol–water partition coefficient (Wildman–Crippen LogP) is 5.26. The molecule has 0 spiro atoms. The monoisotopic (exact) mass is 569 g/mol.